The smallest absolute Gasteiger partial charge is 0.265 e. The molecule has 0 aliphatic heterocycles. The summed E-state index contributed by atoms with van der Waals surface area (Å²) in [5, 5.41) is 0.899. The van der Waals surface area contributed by atoms with E-state index >= 15 is 0 Å². The first-order valence-electron chi connectivity index (χ1n) is 6.16. The fourth-order valence-electron chi connectivity index (χ4n) is 1.83. The second-order valence-corrected chi connectivity index (χ2v) is 5.48. The Morgan fingerprint density at radius 3 is 2.60 bits per heavy atom. The fourth-order valence-corrected chi connectivity index (χ4v) is 2.57. The van der Waals surface area contributed by atoms with Gasteiger partial charge >= 0.3 is 0 Å². The van der Waals surface area contributed by atoms with Crippen LogP contribution in [0.25, 0.3) is 0 Å². The maximum atomic E-state index is 12.4. The van der Waals surface area contributed by atoms with Gasteiger partial charge < -0.3 is 10.6 Å². The van der Waals surface area contributed by atoms with Crippen molar-refractivity contribution in [1.82, 2.24) is 9.88 Å². The van der Waals surface area contributed by atoms with E-state index in [0.717, 1.165) is 10.6 Å². The van der Waals surface area contributed by atoms with Gasteiger partial charge in [-0.05, 0) is 12.5 Å². The topological polar surface area (TPSA) is 59.2 Å². The van der Waals surface area contributed by atoms with E-state index in [4.69, 9.17) is 5.73 Å². The minimum atomic E-state index is -0.0000898. The van der Waals surface area contributed by atoms with Crippen LogP contribution in [0, 0.1) is 6.92 Å². The lowest BCUT2D eigenvalue weighted by Gasteiger charge is -2.21. The molecule has 0 aliphatic rings. The lowest BCUT2D eigenvalue weighted by molar-refractivity contribution is 0.0753. The number of aromatic nitrogens is 1. The minimum absolute atomic E-state index is 0. The van der Waals surface area contributed by atoms with Gasteiger partial charge in [-0.25, -0.2) is 4.98 Å². The largest absolute Gasteiger partial charge is 0.332 e. The number of amides is 1. The Morgan fingerprint density at radius 2 is 2.05 bits per heavy atom. The minimum Gasteiger partial charge on any atom is -0.332 e. The molecule has 0 radical (unpaired) electrons. The number of rotatable bonds is 5. The number of halogens is 1. The van der Waals surface area contributed by atoms with Crippen LogP contribution in [0.2, 0.25) is 0 Å². The summed E-state index contributed by atoms with van der Waals surface area (Å²) in [6.07, 6.45) is 1.64. The molecule has 1 heterocycles. The van der Waals surface area contributed by atoms with Gasteiger partial charge in [-0.3, -0.25) is 4.79 Å². The predicted octanol–water partition coefficient (Wildman–Crippen LogP) is 2.47. The van der Waals surface area contributed by atoms with E-state index < -0.39 is 0 Å². The number of aryl methyl sites for hydroxylation is 1. The van der Waals surface area contributed by atoms with Crippen molar-refractivity contribution in [2.45, 2.75) is 13.5 Å². The van der Waals surface area contributed by atoms with E-state index in [0.29, 0.717) is 24.5 Å². The monoisotopic (exact) mass is 311 g/mol. The lowest BCUT2D eigenvalue weighted by atomic mass is 10.2. The van der Waals surface area contributed by atoms with E-state index in [1.807, 2.05) is 37.3 Å². The summed E-state index contributed by atoms with van der Waals surface area (Å²) in [6, 6.07) is 9.92. The Balaban J connectivity index is 0.00000200. The normalized spacial score (nSPS) is 9.90. The molecular formula is C14H18ClN3OS. The molecule has 108 valence electrons. The average Bonchev–Trinajstić information content (AvgIpc) is 2.85. The predicted molar refractivity (Wildman–Crippen MR) is 84.3 cm³/mol. The maximum Gasteiger partial charge on any atom is 0.265 e. The maximum absolute atomic E-state index is 12.4. The van der Waals surface area contributed by atoms with Crippen LogP contribution < -0.4 is 5.73 Å². The molecule has 20 heavy (non-hydrogen) atoms. The third kappa shape index (κ3) is 4.30. The van der Waals surface area contributed by atoms with Crippen LogP contribution in [0.15, 0.2) is 36.5 Å². The summed E-state index contributed by atoms with van der Waals surface area (Å²) in [7, 11) is 0. The number of carbonyl (C=O) groups is 1. The SMILES string of the molecule is Cc1ncc(C(=O)N(CCN)Cc2ccccc2)s1.Cl. The lowest BCUT2D eigenvalue weighted by Crippen LogP contribution is -2.34. The summed E-state index contributed by atoms with van der Waals surface area (Å²) >= 11 is 1.42. The molecular weight excluding hydrogens is 294 g/mol. The molecule has 0 unspecified atom stereocenters. The molecule has 0 saturated carbocycles. The summed E-state index contributed by atoms with van der Waals surface area (Å²) in [4.78, 5) is 19.0. The number of carbonyl (C=O) groups excluding carboxylic acids is 1. The van der Waals surface area contributed by atoms with Crippen molar-refractivity contribution in [3.63, 3.8) is 0 Å². The van der Waals surface area contributed by atoms with Gasteiger partial charge in [-0.15, -0.1) is 23.7 Å². The molecule has 0 atom stereocenters. The Morgan fingerprint density at radius 1 is 1.35 bits per heavy atom. The van der Waals surface area contributed by atoms with Crippen LogP contribution in [-0.4, -0.2) is 28.9 Å². The van der Waals surface area contributed by atoms with Crippen molar-refractivity contribution < 1.29 is 4.79 Å². The van der Waals surface area contributed by atoms with Gasteiger partial charge in [0.05, 0.1) is 11.2 Å². The summed E-state index contributed by atoms with van der Waals surface area (Å²) < 4.78 is 0. The zero-order valence-electron chi connectivity index (χ0n) is 11.3. The number of hydrogen-bond acceptors (Lipinski definition) is 4. The van der Waals surface area contributed by atoms with Crippen molar-refractivity contribution in [1.29, 1.82) is 0 Å². The molecule has 1 aromatic heterocycles. The van der Waals surface area contributed by atoms with Crippen LogP contribution >= 0.6 is 23.7 Å². The highest BCUT2D eigenvalue weighted by molar-refractivity contribution is 7.13. The van der Waals surface area contributed by atoms with Crippen LogP contribution in [0.5, 0.6) is 0 Å². The molecule has 0 saturated heterocycles. The molecule has 4 nitrogen and oxygen atoms in total. The zero-order chi connectivity index (χ0) is 13.7. The average molecular weight is 312 g/mol. The Labute approximate surface area is 129 Å². The van der Waals surface area contributed by atoms with Gasteiger partial charge in [-0.1, -0.05) is 30.3 Å². The van der Waals surface area contributed by atoms with E-state index in [-0.39, 0.29) is 18.3 Å². The van der Waals surface area contributed by atoms with Crippen LogP contribution in [-0.2, 0) is 6.54 Å². The first-order valence-corrected chi connectivity index (χ1v) is 6.98. The van der Waals surface area contributed by atoms with E-state index in [1.165, 1.54) is 11.3 Å². The van der Waals surface area contributed by atoms with Gasteiger partial charge in [0.1, 0.15) is 4.88 Å². The molecule has 6 heteroatoms. The number of nitrogens with two attached hydrogens (primary N) is 1. The first-order chi connectivity index (χ1) is 9.20. The van der Waals surface area contributed by atoms with Crippen LogP contribution in [0.1, 0.15) is 20.2 Å². The first kappa shape index (κ1) is 16.6. The summed E-state index contributed by atoms with van der Waals surface area (Å²) in [5.74, 6) is -0.0000898. The second kappa shape index (κ2) is 7.99. The van der Waals surface area contributed by atoms with Crippen molar-refractivity contribution in [3.05, 3.63) is 52.0 Å². The van der Waals surface area contributed by atoms with Crippen molar-refractivity contribution in [3.8, 4) is 0 Å². The molecule has 2 rings (SSSR count). The molecule has 2 aromatic rings. The van der Waals surface area contributed by atoms with Crippen molar-refractivity contribution >= 4 is 29.7 Å². The van der Waals surface area contributed by atoms with Gasteiger partial charge in [-0.2, -0.15) is 0 Å². The zero-order valence-corrected chi connectivity index (χ0v) is 12.9. The number of nitrogens with zero attached hydrogens (tertiary/aromatic N) is 2. The van der Waals surface area contributed by atoms with Gasteiger partial charge in [0.2, 0.25) is 0 Å². The molecule has 2 N–H and O–H groups in total. The van der Waals surface area contributed by atoms with E-state index in [9.17, 15) is 4.79 Å². The highest BCUT2D eigenvalue weighted by Crippen LogP contribution is 2.15. The number of benzene rings is 1. The van der Waals surface area contributed by atoms with Crippen LogP contribution in [0.3, 0.4) is 0 Å². The second-order valence-electron chi connectivity index (χ2n) is 4.24. The Bertz CT molecular complexity index is 544. The Hall–Kier alpha value is -1.43. The molecule has 0 aliphatic carbocycles. The number of hydrogen-bond donors (Lipinski definition) is 1. The highest BCUT2D eigenvalue weighted by atomic mass is 35.5. The third-order valence-corrected chi connectivity index (χ3v) is 3.64. The molecule has 0 fully saturated rings. The summed E-state index contributed by atoms with van der Waals surface area (Å²) in [5.41, 5.74) is 6.70. The van der Waals surface area contributed by atoms with E-state index in [2.05, 4.69) is 4.98 Å². The van der Waals surface area contributed by atoms with Crippen molar-refractivity contribution in [2.75, 3.05) is 13.1 Å². The van der Waals surface area contributed by atoms with E-state index in [1.54, 1.807) is 11.1 Å². The summed E-state index contributed by atoms with van der Waals surface area (Å²) in [6.45, 7) is 3.47. The Kier molecular flexibility index (Phi) is 6.64. The fraction of sp³-hybridized carbons (Fsp3) is 0.286. The molecule has 0 bridgehead atoms. The molecule has 1 amide bonds. The van der Waals surface area contributed by atoms with Crippen molar-refractivity contribution in [2.24, 2.45) is 5.73 Å². The number of thiazole rings is 1. The van der Waals surface area contributed by atoms with Crippen LogP contribution in [0.4, 0.5) is 0 Å². The quantitative estimate of drug-likeness (QED) is 0.923. The standard InChI is InChI=1S/C14H17N3OS.ClH/c1-11-16-9-13(19-11)14(18)17(8-7-15)10-12-5-3-2-4-6-12;/h2-6,9H,7-8,10,15H2,1H3;1H. The van der Waals surface area contributed by atoms with Gasteiger partial charge in [0.15, 0.2) is 0 Å². The van der Waals surface area contributed by atoms with Gasteiger partial charge in [0, 0.05) is 19.6 Å². The molecule has 1 aromatic carbocycles. The van der Waals surface area contributed by atoms with Gasteiger partial charge in [0.25, 0.3) is 5.91 Å². The highest BCUT2D eigenvalue weighted by Gasteiger charge is 2.17. The molecule has 0 spiro atoms. The third-order valence-electron chi connectivity index (χ3n) is 2.73.